The van der Waals surface area contributed by atoms with Crippen molar-refractivity contribution >= 4 is 40.4 Å². The lowest BCUT2D eigenvalue weighted by Crippen LogP contribution is -2.43. The van der Waals surface area contributed by atoms with E-state index in [0.717, 1.165) is 12.8 Å². The van der Waals surface area contributed by atoms with Crippen molar-refractivity contribution in [2.75, 3.05) is 78.3 Å². The second kappa shape index (κ2) is 24.8. The van der Waals surface area contributed by atoms with Gasteiger partial charge < -0.3 is 47.4 Å². The third-order valence-electron chi connectivity index (χ3n) is 10.0. The number of alkyl halides is 1. The molecule has 0 spiro atoms. The van der Waals surface area contributed by atoms with E-state index in [-0.39, 0.29) is 34.5 Å². The summed E-state index contributed by atoms with van der Waals surface area (Å²) >= 11 is 5.49. The molecule has 0 aromatic rings. The lowest BCUT2D eigenvalue weighted by Gasteiger charge is -2.36. The first kappa shape index (κ1) is 54.0. The summed E-state index contributed by atoms with van der Waals surface area (Å²) in [5.41, 5.74) is -0.886. The molecule has 0 aliphatic carbocycles. The molecule has 2 rings (SSSR count). The van der Waals surface area contributed by atoms with Gasteiger partial charge in [-0.25, -0.2) is 9.59 Å². The molecule has 2 aliphatic rings. The molecular weight excluding hydrogens is 760 g/mol. The monoisotopic (exact) mass is 843 g/mol. The predicted octanol–water partition coefficient (Wildman–Crippen LogP) is 9.08. The third kappa shape index (κ3) is 25.2. The molecule has 15 heteroatoms. The van der Waals surface area contributed by atoms with Crippen LogP contribution in [0.4, 0.5) is 9.59 Å². The number of halogens is 1. The number of nitrogens with zero attached hydrogens (tertiary/aromatic N) is 2. The first-order chi connectivity index (χ1) is 25.0. The van der Waals surface area contributed by atoms with E-state index in [2.05, 4.69) is 67.7 Å². The second-order valence-corrected chi connectivity index (χ2v) is 29.4. The zero-order valence-corrected chi connectivity index (χ0v) is 40.6. The van der Waals surface area contributed by atoms with Gasteiger partial charge in [-0.1, -0.05) is 41.5 Å². The number of ether oxygens (including phenoxy) is 5. The Balaban J connectivity index is 0.000000876. The fraction of sp³-hybridized carbons (Fsp3) is 0.950. The first-order valence-electron chi connectivity index (χ1n) is 20.3. The van der Waals surface area contributed by atoms with Gasteiger partial charge in [0.15, 0.2) is 16.6 Å². The van der Waals surface area contributed by atoms with Crippen molar-refractivity contribution in [2.24, 2.45) is 0 Å². The summed E-state index contributed by atoms with van der Waals surface area (Å²) in [7, 11) is -3.26. The lowest BCUT2D eigenvalue weighted by atomic mass is 10.1. The normalized spacial score (nSPS) is 16.8. The Hall–Kier alpha value is -0.976. The molecule has 0 aromatic heterocycles. The molecule has 2 fully saturated rings. The van der Waals surface area contributed by atoms with Crippen LogP contribution < -0.4 is 0 Å². The van der Waals surface area contributed by atoms with E-state index in [1.54, 1.807) is 9.80 Å². The average Bonchev–Trinajstić information content (AvgIpc) is 3.02. The fourth-order valence-electron chi connectivity index (χ4n) is 4.58. The fourth-order valence-corrected chi connectivity index (χ4v) is 6.75. The molecule has 0 saturated carbocycles. The molecular formula is C40H83ClN2O10Si2. The van der Waals surface area contributed by atoms with Gasteiger partial charge in [-0.2, -0.15) is 0 Å². The summed E-state index contributed by atoms with van der Waals surface area (Å²) in [6, 6.07) is 0. The first-order valence-corrected chi connectivity index (χ1v) is 26.6. The summed E-state index contributed by atoms with van der Waals surface area (Å²) in [5, 5.41) is 9.77. The maximum absolute atomic E-state index is 12.0. The Kier molecular flexibility index (Phi) is 24.4. The van der Waals surface area contributed by atoms with Crippen molar-refractivity contribution in [2.45, 2.75) is 168 Å². The minimum atomic E-state index is -1.68. The molecule has 55 heavy (non-hydrogen) atoms. The van der Waals surface area contributed by atoms with Crippen molar-refractivity contribution in [1.82, 2.24) is 9.80 Å². The van der Waals surface area contributed by atoms with Crippen molar-refractivity contribution in [3.8, 4) is 0 Å². The minimum Gasteiger partial charge on any atom is -0.444 e. The van der Waals surface area contributed by atoms with Gasteiger partial charge in [0.2, 0.25) is 0 Å². The van der Waals surface area contributed by atoms with Crippen molar-refractivity contribution < 1.29 is 47.2 Å². The Bertz CT molecular complexity index is 1060. The molecule has 12 nitrogen and oxygen atoms in total. The van der Waals surface area contributed by atoms with Crippen LogP contribution in [0.3, 0.4) is 0 Å². The number of carbonyl (C=O) groups is 2. The third-order valence-corrected chi connectivity index (χ3v) is 19.2. The molecule has 2 heterocycles. The molecule has 0 atom stereocenters. The van der Waals surface area contributed by atoms with Gasteiger partial charge in [-0.15, -0.1) is 11.6 Å². The van der Waals surface area contributed by atoms with E-state index >= 15 is 0 Å². The number of likely N-dealkylation sites (tertiary alicyclic amines) is 2. The molecule has 0 aromatic carbocycles. The Labute approximate surface area is 343 Å². The molecule has 2 amide bonds. The van der Waals surface area contributed by atoms with E-state index in [1.165, 1.54) is 0 Å². The predicted molar refractivity (Wildman–Crippen MR) is 228 cm³/mol. The Morgan fingerprint density at radius 1 is 0.582 bits per heavy atom. The zero-order valence-electron chi connectivity index (χ0n) is 37.9. The van der Waals surface area contributed by atoms with Crippen molar-refractivity contribution in [3.05, 3.63) is 0 Å². The van der Waals surface area contributed by atoms with Crippen molar-refractivity contribution in [1.29, 1.82) is 0 Å². The summed E-state index contributed by atoms with van der Waals surface area (Å²) in [6.45, 7) is 40.5. The molecule has 2 aliphatic heterocycles. The van der Waals surface area contributed by atoms with Crippen LogP contribution in [0.2, 0.25) is 36.3 Å². The van der Waals surface area contributed by atoms with Crippen LogP contribution in [0.25, 0.3) is 0 Å². The maximum atomic E-state index is 12.0. The van der Waals surface area contributed by atoms with Gasteiger partial charge in [0.1, 0.15) is 11.2 Å². The molecule has 0 radical (unpaired) electrons. The highest BCUT2D eigenvalue weighted by molar-refractivity contribution is 6.74. The second-order valence-electron chi connectivity index (χ2n) is 19.4. The van der Waals surface area contributed by atoms with E-state index in [9.17, 15) is 14.7 Å². The SMILES string of the molecule is CC(C)(C)OC(=O)N1CCC(O)CC1.CC(C)(C)OC(=O)N1CCC(OCCOCCO[Si](C)(C)C(C)(C)C)CC1.CC(C)(C)[Si](C)(C)OCCOCCCl. The zero-order chi connectivity index (χ0) is 42.7. The van der Waals surface area contributed by atoms with Gasteiger partial charge >= 0.3 is 12.2 Å². The van der Waals surface area contributed by atoms with Gasteiger partial charge in [0.05, 0.1) is 58.5 Å². The van der Waals surface area contributed by atoms with E-state index in [0.29, 0.717) is 91.1 Å². The number of aliphatic hydroxyl groups is 1. The van der Waals surface area contributed by atoms with Crippen LogP contribution in [0.5, 0.6) is 0 Å². The van der Waals surface area contributed by atoms with Gasteiger partial charge in [-0.05, 0) is 103 Å². The summed E-state index contributed by atoms with van der Waals surface area (Å²) in [6.07, 6.45) is 2.42. The summed E-state index contributed by atoms with van der Waals surface area (Å²) in [4.78, 5) is 27.0. The molecule has 0 unspecified atom stereocenters. The molecule has 2 saturated heterocycles. The van der Waals surface area contributed by atoms with Crippen LogP contribution in [0, 0.1) is 0 Å². The van der Waals surface area contributed by atoms with Crippen LogP contribution in [0.1, 0.15) is 109 Å². The van der Waals surface area contributed by atoms with Crippen LogP contribution >= 0.6 is 11.6 Å². The summed E-state index contributed by atoms with van der Waals surface area (Å²) < 4.78 is 39.4. The van der Waals surface area contributed by atoms with Gasteiger partial charge in [0.25, 0.3) is 0 Å². The number of carbonyl (C=O) groups excluding carboxylic acids is 2. The van der Waals surface area contributed by atoms with E-state index < -0.39 is 27.8 Å². The topological polar surface area (TPSA) is 125 Å². The lowest BCUT2D eigenvalue weighted by molar-refractivity contribution is -0.0317. The van der Waals surface area contributed by atoms with Gasteiger partial charge in [-0.3, -0.25) is 0 Å². The van der Waals surface area contributed by atoms with E-state index in [1.807, 2.05) is 41.5 Å². The highest BCUT2D eigenvalue weighted by Gasteiger charge is 2.38. The largest absolute Gasteiger partial charge is 0.444 e. The van der Waals surface area contributed by atoms with Gasteiger partial charge in [0, 0.05) is 32.1 Å². The van der Waals surface area contributed by atoms with Crippen molar-refractivity contribution in [3.63, 3.8) is 0 Å². The number of amides is 2. The smallest absolute Gasteiger partial charge is 0.410 e. The average molecular weight is 844 g/mol. The Morgan fingerprint density at radius 3 is 1.27 bits per heavy atom. The number of rotatable bonds is 14. The number of hydrogen-bond acceptors (Lipinski definition) is 10. The standard InChI is InChI=1S/C20H41NO5Si.C10H23ClO2Si.C10H19NO3/c1-19(2,3)26-18(22)21-11-9-17(10-12-21)24-15-13-23-14-16-25-27(7,8)20(4,5)6;1-10(2,3)14(4,5)13-9-8-12-7-6-11;1-10(2,3)14-9(13)11-6-4-8(12)5-7-11/h17H,9-16H2,1-8H3;6-9H2,1-5H3;8,12H,4-7H2,1-3H3. The highest BCUT2D eigenvalue weighted by atomic mass is 35.5. The number of aliphatic hydroxyl groups excluding tert-OH is 1. The Morgan fingerprint density at radius 2 is 0.927 bits per heavy atom. The van der Waals surface area contributed by atoms with Crippen LogP contribution in [-0.4, -0.2) is 145 Å². The highest BCUT2D eigenvalue weighted by Crippen LogP contribution is 2.37. The quantitative estimate of drug-likeness (QED) is 0.103. The molecule has 328 valence electrons. The maximum Gasteiger partial charge on any atom is 0.410 e. The van der Waals surface area contributed by atoms with Crippen LogP contribution in [-0.2, 0) is 32.5 Å². The van der Waals surface area contributed by atoms with E-state index in [4.69, 9.17) is 44.1 Å². The summed E-state index contributed by atoms with van der Waals surface area (Å²) in [5.74, 6) is 0.556. The number of hydrogen-bond donors (Lipinski definition) is 1. The van der Waals surface area contributed by atoms with Crippen LogP contribution in [0.15, 0.2) is 0 Å². The minimum absolute atomic E-state index is 0.191. The molecule has 0 bridgehead atoms. The number of piperidine rings is 2. The molecule has 1 N–H and O–H groups in total.